The molecule has 1 saturated carbocycles. The maximum Gasteiger partial charge on any atom is 0.242 e. The Bertz CT molecular complexity index is 320. The van der Waals surface area contributed by atoms with Crippen molar-refractivity contribution in [3.63, 3.8) is 0 Å². The van der Waals surface area contributed by atoms with Crippen LogP contribution in [0.25, 0.3) is 0 Å². The van der Waals surface area contributed by atoms with Crippen molar-refractivity contribution in [2.24, 2.45) is 11.1 Å². The molecule has 20 heavy (non-hydrogen) atoms. The molecule has 118 valence electrons. The number of rotatable bonds is 8. The number of methoxy groups -OCH3 is 1. The second-order valence-electron chi connectivity index (χ2n) is 6.11. The van der Waals surface area contributed by atoms with E-state index >= 15 is 0 Å². The van der Waals surface area contributed by atoms with Gasteiger partial charge < -0.3 is 20.1 Å². The predicted molar refractivity (Wildman–Crippen MR) is 79.5 cm³/mol. The number of hydrogen-bond acceptors (Lipinski definition) is 4. The molecule has 0 spiro atoms. The van der Waals surface area contributed by atoms with Crippen molar-refractivity contribution in [1.82, 2.24) is 4.90 Å². The summed E-state index contributed by atoms with van der Waals surface area (Å²) in [6.07, 6.45) is 2.05. The molecule has 0 heterocycles. The lowest BCUT2D eigenvalue weighted by Gasteiger charge is -2.56. The number of carbonyl (C=O) groups is 1. The Labute approximate surface area is 122 Å². The molecule has 0 aromatic carbocycles. The summed E-state index contributed by atoms with van der Waals surface area (Å²) in [6, 6.07) is -0.372. The molecule has 0 aromatic heterocycles. The van der Waals surface area contributed by atoms with Crippen LogP contribution in [0.4, 0.5) is 0 Å². The highest BCUT2D eigenvalue weighted by atomic mass is 16.5. The number of nitrogens with zero attached hydrogens (tertiary/aromatic N) is 1. The minimum absolute atomic E-state index is 0.0123. The van der Waals surface area contributed by atoms with Crippen LogP contribution < -0.4 is 5.73 Å². The molecule has 0 radical (unpaired) electrons. The minimum Gasteiger partial charge on any atom is -0.383 e. The zero-order valence-electron chi connectivity index (χ0n) is 13.5. The normalized spacial score (nSPS) is 25.9. The summed E-state index contributed by atoms with van der Waals surface area (Å²) in [4.78, 5) is 14.4. The Morgan fingerprint density at radius 3 is 2.55 bits per heavy atom. The largest absolute Gasteiger partial charge is 0.383 e. The van der Waals surface area contributed by atoms with Crippen molar-refractivity contribution in [1.29, 1.82) is 0 Å². The van der Waals surface area contributed by atoms with E-state index in [-0.39, 0.29) is 30.1 Å². The molecule has 2 N–H and O–H groups in total. The van der Waals surface area contributed by atoms with Crippen molar-refractivity contribution in [2.45, 2.75) is 58.7 Å². The van der Waals surface area contributed by atoms with Crippen molar-refractivity contribution in [3.8, 4) is 0 Å². The number of carbonyl (C=O) groups excluding carboxylic acids is 1. The maximum atomic E-state index is 12.5. The Morgan fingerprint density at radius 2 is 2.10 bits per heavy atom. The van der Waals surface area contributed by atoms with Crippen molar-refractivity contribution in [2.75, 3.05) is 26.9 Å². The first-order valence-electron chi connectivity index (χ1n) is 7.56. The van der Waals surface area contributed by atoms with Gasteiger partial charge in [-0.05, 0) is 19.8 Å². The van der Waals surface area contributed by atoms with Crippen LogP contribution in [0.1, 0.15) is 40.5 Å². The van der Waals surface area contributed by atoms with E-state index in [1.54, 1.807) is 7.11 Å². The molecule has 0 saturated heterocycles. The van der Waals surface area contributed by atoms with Gasteiger partial charge in [0, 0.05) is 31.7 Å². The lowest BCUT2D eigenvalue weighted by atomic mass is 9.63. The summed E-state index contributed by atoms with van der Waals surface area (Å²) in [7, 11) is 1.57. The zero-order valence-corrected chi connectivity index (χ0v) is 13.5. The first kappa shape index (κ1) is 17.4. The highest BCUT2D eigenvalue weighted by Crippen LogP contribution is 2.46. The highest BCUT2D eigenvalue weighted by molar-refractivity contribution is 5.82. The fourth-order valence-corrected chi connectivity index (χ4v) is 3.00. The summed E-state index contributed by atoms with van der Waals surface area (Å²) >= 11 is 0. The molecule has 1 amide bonds. The second kappa shape index (κ2) is 7.38. The van der Waals surface area contributed by atoms with Gasteiger partial charge in [-0.25, -0.2) is 0 Å². The van der Waals surface area contributed by atoms with Crippen LogP contribution in [0.15, 0.2) is 0 Å². The molecule has 0 aromatic rings. The molecule has 1 aliphatic carbocycles. The van der Waals surface area contributed by atoms with Gasteiger partial charge >= 0.3 is 0 Å². The molecule has 5 heteroatoms. The predicted octanol–water partition coefficient (Wildman–Crippen LogP) is 1.40. The highest BCUT2D eigenvalue weighted by Gasteiger charge is 2.52. The van der Waals surface area contributed by atoms with Gasteiger partial charge in [-0.1, -0.05) is 20.8 Å². The molecule has 1 aliphatic rings. The molecular formula is C15H30N2O3. The van der Waals surface area contributed by atoms with Gasteiger partial charge in [-0.15, -0.1) is 0 Å². The summed E-state index contributed by atoms with van der Waals surface area (Å²) in [5.74, 6) is -0.0123. The lowest BCUT2D eigenvalue weighted by molar-refractivity contribution is -0.168. The summed E-state index contributed by atoms with van der Waals surface area (Å²) < 4.78 is 10.7. The van der Waals surface area contributed by atoms with E-state index in [1.165, 1.54) is 0 Å². The van der Waals surface area contributed by atoms with Crippen LogP contribution in [0, 0.1) is 5.41 Å². The molecule has 3 unspecified atom stereocenters. The first-order chi connectivity index (χ1) is 9.39. The average molecular weight is 286 g/mol. The van der Waals surface area contributed by atoms with Crippen LogP contribution in [0.5, 0.6) is 0 Å². The van der Waals surface area contributed by atoms with Crippen LogP contribution >= 0.6 is 0 Å². The smallest absolute Gasteiger partial charge is 0.242 e. The maximum absolute atomic E-state index is 12.5. The summed E-state index contributed by atoms with van der Waals surface area (Å²) in [5.41, 5.74) is 5.89. The van der Waals surface area contributed by atoms with Crippen molar-refractivity contribution < 1.29 is 14.3 Å². The minimum atomic E-state index is -0.575. The van der Waals surface area contributed by atoms with Crippen LogP contribution in [-0.4, -0.2) is 55.9 Å². The van der Waals surface area contributed by atoms with Gasteiger partial charge in [0.25, 0.3) is 0 Å². The van der Waals surface area contributed by atoms with E-state index in [1.807, 2.05) is 11.8 Å². The third-order valence-corrected chi connectivity index (χ3v) is 4.28. The van der Waals surface area contributed by atoms with E-state index < -0.39 is 6.04 Å². The van der Waals surface area contributed by atoms with Crippen molar-refractivity contribution in [3.05, 3.63) is 0 Å². The molecule has 1 fully saturated rings. The summed E-state index contributed by atoms with van der Waals surface area (Å²) in [6.45, 7) is 10.1. The zero-order chi connectivity index (χ0) is 15.3. The first-order valence-corrected chi connectivity index (χ1v) is 7.56. The Balaban J connectivity index is 2.75. The molecule has 0 aliphatic heterocycles. The standard InChI is InChI=1S/C15H30N2O3/c1-6-8-17(14(18)11(16)10-19-5)12-9-13(20-7-2)15(12,3)4/h11-13H,6-10,16H2,1-5H3. The third-order valence-electron chi connectivity index (χ3n) is 4.28. The van der Waals surface area contributed by atoms with Gasteiger partial charge in [-0.3, -0.25) is 4.79 Å². The SMILES string of the molecule is CCCN(C(=O)C(N)COC)C1CC(OCC)C1(C)C. The molecular weight excluding hydrogens is 256 g/mol. The lowest BCUT2D eigenvalue weighted by Crippen LogP contribution is -2.65. The fraction of sp³-hybridized carbons (Fsp3) is 0.933. The monoisotopic (exact) mass is 286 g/mol. The molecule has 1 rings (SSSR count). The fourth-order valence-electron chi connectivity index (χ4n) is 3.00. The Morgan fingerprint density at radius 1 is 1.45 bits per heavy atom. The van der Waals surface area contributed by atoms with E-state index in [9.17, 15) is 4.79 Å². The topological polar surface area (TPSA) is 64.8 Å². The molecule has 0 bridgehead atoms. The number of ether oxygens (including phenoxy) is 2. The van der Waals surface area contributed by atoms with E-state index in [2.05, 4.69) is 20.8 Å². The number of hydrogen-bond donors (Lipinski definition) is 1. The van der Waals surface area contributed by atoms with Gasteiger partial charge in [0.15, 0.2) is 0 Å². The summed E-state index contributed by atoms with van der Waals surface area (Å²) in [5, 5.41) is 0. The molecule has 5 nitrogen and oxygen atoms in total. The van der Waals surface area contributed by atoms with Crippen LogP contribution in [0.3, 0.4) is 0 Å². The van der Waals surface area contributed by atoms with Gasteiger partial charge in [0.2, 0.25) is 5.91 Å². The van der Waals surface area contributed by atoms with E-state index in [0.29, 0.717) is 6.61 Å². The van der Waals surface area contributed by atoms with Gasteiger partial charge in [0.05, 0.1) is 12.7 Å². The second-order valence-corrected chi connectivity index (χ2v) is 6.11. The van der Waals surface area contributed by atoms with Gasteiger partial charge in [0.1, 0.15) is 6.04 Å². The van der Waals surface area contributed by atoms with E-state index in [4.69, 9.17) is 15.2 Å². The third kappa shape index (κ3) is 3.51. The molecule has 3 atom stereocenters. The van der Waals surface area contributed by atoms with E-state index in [0.717, 1.165) is 19.4 Å². The van der Waals surface area contributed by atoms with Crippen LogP contribution in [-0.2, 0) is 14.3 Å². The number of amides is 1. The van der Waals surface area contributed by atoms with Crippen molar-refractivity contribution >= 4 is 5.91 Å². The average Bonchev–Trinajstić information content (AvgIpc) is 2.40. The number of nitrogens with two attached hydrogens (primary N) is 1. The Kier molecular flexibility index (Phi) is 6.43. The van der Waals surface area contributed by atoms with Gasteiger partial charge in [-0.2, -0.15) is 0 Å². The van der Waals surface area contributed by atoms with Crippen LogP contribution in [0.2, 0.25) is 0 Å². The quantitative estimate of drug-likeness (QED) is 0.732. The Hall–Kier alpha value is -0.650.